The van der Waals surface area contributed by atoms with E-state index in [1.165, 1.54) is 0 Å². The topological polar surface area (TPSA) is 49.3 Å². The van der Waals surface area contributed by atoms with Gasteiger partial charge in [0.1, 0.15) is 0 Å². The summed E-state index contributed by atoms with van der Waals surface area (Å²) in [5.41, 5.74) is 0.595. The molecule has 1 amide bonds. The van der Waals surface area contributed by atoms with Gasteiger partial charge >= 0.3 is 0 Å². The lowest BCUT2D eigenvalue weighted by Gasteiger charge is -2.19. The van der Waals surface area contributed by atoms with Crippen LogP contribution >= 0.6 is 11.6 Å². The first-order chi connectivity index (χ1) is 8.58. The summed E-state index contributed by atoms with van der Waals surface area (Å²) in [6, 6.07) is 7.51. The minimum Gasteiger partial charge on any atom is -0.396 e. The van der Waals surface area contributed by atoms with Crippen molar-refractivity contribution in [2.24, 2.45) is 0 Å². The molecule has 2 N–H and O–H groups in total. The predicted octanol–water partition coefficient (Wildman–Crippen LogP) is 2.26. The quantitative estimate of drug-likeness (QED) is 0.860. The molecule has 1 aromatic rings. The molecule has 1 fully saturated rings. The molecule has 1 atom stereocenters. The summed E-state index contributed by atoms with van der Waals surface area (Å²) in [5.74, 6) is 0.0470. The van der Waals surface area contributed by atoms with Gasteiger partial charge in [-0.2, -0.15) is 0 Å². The maximum Gasteiger partial charge on any atom is 0.230 e. The third kappa shape index (κ3) is 2.68. The third-order valence-corrected chi connectivity index (χ3v) is 3.74. The van der Waals surface area contributed by atoms with E-state index >= 15 is 0 Å². The summed E-state index contributed by atoms with van der Waals surface area (Å²) < 4.78 is 0. The highest BCUT2D eigenvalue weighted by molar-refractivity contribution is 6.30. The standard InChI is InChI=1S/C14H18ClNO2/c1-10(5-8-17)16-13(18)14(6-7-14)11-3-2-4-12(15)9-11/h2-4,9-10,17H,5-8H2,1H3,(H,16,18). The Bertz CT molecular complexity index is 443. The number of aliphatic hydroxyl groups is 1. The molecule has 2 rings (SSSR count). The molecule has 0 spiro atoms. The van der Waals surface area contributed by atoms with Gasteiger partial charge in [0.2, 0.25) is 5.91 Å². The Balaban J connectivity index is 2.10. The van der Waals surface area contributed by atoms with E-state index in [9.17, 15) is 4.79 Å². The average molecular weight is 268 g/mol. The summed E-state index contributed by atoms with van der Waals surface area (Å²) in [6.07, 6.45) is 2.31. The smallest absolute Gasteiger partial charge is 0.230 e. The maximum atomic E-state index is 12.3. The molecule has 18 heavy (non-hydrogen) atoms. The molecular formula is C14H18ClNO2. The van der Waals surface area contributed by atoms with Crippen molar-refractivity contribution < 1.29 is 9.90 Å². The van der Waals surface area contributed by atoms with Crippen LogP contribution in [0.3, 0.4) is 0 Å². The Morgan fingerprint density at radius 3 is 2.83 bits per heavy atom. The molecule has 0 saturated heterocycles. The molecule has 0 bridgehead atoms. The van der Waals surface area contributed by atoms with Gasteiger partial charge in [0.05, 0.1) is 5.41 Å². The van der Waals surface area contributed by atoms with Gasteiger partial charge in [0.25, 0.3) is 0 Å². The molecule has 0 aromatic heterocycles. The lowest BCUT2D eigenvalue weighted by atomic mass is 9.94. The molecule has 0 heterocycles. The molecule has 4 heteroatoms. The minimum atomic E-state index is -0.394. The van der Waals surface area contributed by atoms with E-state index in [-0.39, 0.29) is 18.6 Å². The lowest BCUT2D eigenvalue weighted by Crippen LogP contribution is -2.40. The van der Waals surface area contributed by atoms with Crippen LogP contribution in [0.2, 0.25) is 5.02 Å². The Morgan fingerprint density at radius 1 is 1.56 bits per heavy atom. The van der Waals surface area contributed by atoms with Gasteiger partial charge in [-0.1, -0.05) is 23.7 Å². The number of benzene rings is 1. The molecule has 1 unspecified atom stereocenters. The van der Waals surface area contributed by atoms with Gasteiger partial charge in [-0.15, -0.1) is 0 Å². The van der Waals surface area contributed by atoms with Crippen LogP contribution in [0.5, 0.6) is 0 Å². The Kier molecular flexibility index (Phi) is 3.93. The number of carbonyl (C=O) groups excluding carboxylic acids is 1. The fourth-order valence-electron chi connectivity index (χ4n) is 2.19. The van der Waals surface area contributed by atoms with Gasteiger partial charge in [0, 0.05) is 17.7 Å². The van der Waals surface area contributed by atoms with Crippen LogP contribution in [-0.4, -0.2) is 23.7 Å². The number of hydrogen-bond donors (Lipinski definition) is 2. The first kappa shape index (κ1) is 13.4. The van der Waals surface area contributed by atoms with E-state index in [4.69, 9.17) is 16.7 Å². The summed E-state index contributed by atoms with van der Waals surface area (Å²) >= 11 is 5.97. The number of halogens is 1. The highest BCUT2D eigenvalue weighted by Gasteiger charge is 2.51. The van der Waals surface area contributed by atoms with Crippen LogP contribution < -0.4 is 5.32 Å². The summed E-state index contributed by atoms with van der Waals surface area (Å²) in [4.78, 5) is 12.3. The van der Waals surface area contributed by atoms with Crippen LogP contribution in [0.1, 0.15) is 31.7 Å². The first-order valence-corrected chi connectivity index (χ1v) is 6.64. The lowest BCUT2D eigenvalue weighted by molar-refractivity contribution is -0.124. The zero-order valence-electron chi connectivity index (χ0n) is 10.4. The van der Waals surface area contributed by atoms with Crippen LogP contribution in [0.25, 0.3) is 0 Å². The van der Waals surface area contributed by atoms with E-state index in [2.05, 4.69) is 5.32 Å². The molecular weight excluding hydrogens is 250 g/mol. The molecule has 1 aliphatic carbocycles. The summed E-state index contributed by atoms with van der Waals surface area (Å²) in [7, 11) is 0. The molecule has 1 saturated carbocycles. The van der Waals surface area contributed by atoms with E-state index in [0.717, 1.165) is 18.4 Å². The average Bonchev–Trinajstić information content (AvgIpc) is 3.10. The number of amides is 1. The Morgan fingerprint density at radius 2 is 2.28 bits per heavy atom. The number of aliphatic hydroxyl groups excluding tert-OH is 1. The van der Waals surface area contributed by atoms with E-state index in [1.807, 2.05) is 31.2 Å². The van der Waals surface area contributed by atoms with Gasteiger partial charge < -0.3 is 10.4 Å². The fourth-order valence-corrected chi connectivity index (χ4v) is 2.38. The Labute approximate surface area is 112 Å². The van der Waals surface area contributed by atoms with Crippen molar-refractivity contribution in [3.8, 4) is 0 Å². The minimum absolute atomic E-state index is 0.000779. The molecule has 1 aromatic carbocycles. The molecule has 98 valence electrons. The van der Waals surface area contributed by atoms with Gasteiger partial charge in [-0.3, -0.25) is 4.79 Å². The molecule has 0 aliphatic heterocycles. The molecule has 3 nitrogen and oxygen atoms in total. The van der Waals surface area contributed by atoms with Crippen molar-refractivity contribution in [1.82, 2.24) is 5.32 Å². The molecule has 1 aliphatic rings. The van der Waals surface area contributed by atoms with Crippen LogP contribution in [0.4, 0.5) is 0 Å². The number of nitrogens with one attached hydrogen (secondary N) is 1. The second kappa shape index (κ2) is 5.29. The third-order valence-electron chi connectivity index (χ3n) is 3.50. The van der Waals surface area contributed by atoms with Gasteiger partial charge in [-0.25, -0.2) is 0 Å². The van der Waals surface area contributed by atoms with Crippen LogP contribution in [0.15, 0.2) is 24.3 Å². The van der Waals surface area contributed by atoms with Gasteiger partial charge in [-0.05, 0) is 43.9 Å². The highest BCUT2D eigenvalue weighted by atomic mass is 35.5. The number of rotatable bonds is 5. The predicted molar refractivity (Wildman–Crippen MR) is 71.7 cm³/mol. The highest BCUT2D eigenvalue weighted by Crippen LogP contribution is 2.48. The monoisotopic (exact) mass is 267 g/mol. The second-order valence-electron chi connectivity index (χ2n) is 4.98. The normalized spacial score (nSPS) is 18.2. The van der Waals surface area contributed by atoms with Crippen molar-refractivity contribution in [3.05, 3.63) is 34.9 Å². The SMILES string of the molecule is CC(CCO)NC(=O)C1(c2cccc(Cl)c2)CC1. The van der Waals surface area contributed by atoms with E-state index in [0.29, 0.717) is 11.4 Å². The first-order valence-electron chi connectivity index (χ1n) is 6.26. The van der Waals surface area contributed by atoms with Crippen LogP contribution in [-0.2, 0) is 10.2 Å². The largest absolute Gasteiger partial charge is 0.396 e. The van der Waals surface area contributed by atoms with E-state index in [1.54, 1.807) is 0 Å². The maximum absolute atomic E-state index is 12.3. The summed E-state index contributed by atoms with van der Waals surface area (Å²) in [6.45, 7) is 1.99. The van der Waals surface area contributed by atoms with Crippen molar-refractivity contribution in [2.75, 3.05) is 6.61 Å². The Hall–Kier alpha value is -1.06. The van der Waals surface area contributed by atoms with Crippen LogP contribution in [0, 0.1) is 0 Å². The number of carbonyl (C=O) groups is 1. The van der Waals surface area contributed by atoms with Crippen molar-refractivity contribution in [1.29, 1.82) is 0 Å². The van der Waals surface area contributed by atoms with Crippen molar-refractivity contribution >= 4 is 17.5 Å². The summed E-state index contributed by atoms with van der Waals surface area (Å²) in [5, 5.41) is 12.5. The number of hydrogen-bond acceptors (Lipinski definition) is 2. The van der Waals surface area contributed by atoms with Crippen molar-refractivity contribution in [3.63, 3.8) is 0 Å². The molecule has 0 radical (unpaired) electrons. The van der Waals surface area contributed by atoms with E-state index < -0.39 is 5.41 Å². The zero-order valence-corrected chi connectivity index (χ0v) is 11.2. The van der Waals surface area contributed by atoms with Crippen molar-refractivity contribution in [2.45, 2.75) is 37.6 Å². The van der Waals surface area contributed by atoms with Gasteiger partial charge in [0.15, 0.2) is 0 Å². The fraction of sp³-hybridized carbons (Fsp3) is 0.500. The second-order valence-corrected chi connectivity index (χ2v) is 5.42. The zero-order chi connectivity index (χ0) is 13.2.